The molecule has 0 saturated heterocycles. The van der Waals surface area contributed by atoms with Crippen molar-refractivity contribution < 1.29 is 9.13 Å². The van der Waals surface area contributed by atoms with Gasteiger partial charge in [0.2, 0.25) is 5.13 Å². The number of methoxy groups -OCH3 is 1. The second kappa shape index (κ2) is 7.82. The Labute approximate surface area is 157 Å². The lowest BCUT2D eigenvalue weighted by molar-refractivity contribution is 0.415. The number of benzene rings is 2. The van der Waals surface area contributed by atoms with Gasteiger partial charge >= 0.3 is 0 Å². The van der Waals surface area contributed by atoms with E-state index in [4.69, 9.17) is 27.9 Å². The van der Waals surface area contributed by atoms with Crippen molar-refractivity contribution in [2.75, 3.05) is 12.5 Å². The Kier molecular flexibility index (Phi) is 5.53. The first-order valence-corrected chi connectivity index (χ1v) is 8.74. The number of thiazole rings is 1. The van der Waals surface area contributed by atoms with E-state index in [1.165, 1.54) is 23.5 Å². The third-order valence-corrected chi connectivity index (χ3v) is 4.63. The molecule has 1 aromatic heterocycles. The fraction of sp³-hybridized carbons (Fsp3) is 0.0588. The van der Waals surface area contributed by atoms with Crippen LogP contribution in [0.15, 0.2) is 46.9 Å². The van der Waals surface area contributed by atoms with Crippen LogP contribution in [0.3, 0.4) is 0 Å². The Bertz CT molecular complexity index is 913. The lowest BCUT2D eigenvalue weighted by Gasteiger charge is -2.02. The number of ether oxygens (including phenoxy) is 1. The van der Waals surface area contributed by atoms with Gasteiger partial charge in [-0.3, -0.25) is 5.43 Å². The first-order valence-electron chi connectivity index (χ1n) is 7.10. The number of nitrogens with one attached hydrogen (secondary N) is 1. The molecule has 0 aliphatic rings. The van der Waals surface area contributed by atoms with E-state index in [-0.39, 0.29) is 5.02 Å². The van der Waals surface area contributed by atoms with Crippen molar-refractivity contribution in [2.24, 2.45) is 5.10 Å². The SMILES string of the molecule is COc1ccc(/C=N/Nc2nc(-c3cc(F)c(Cl)cc3Cl)cs2)cc1. The highest BCUT2D eigenvalue weighted by molar-refractivity contribution is 7.14. The van der Waals surface area contributed by atoms with Crippen molar-refractivity contribution in [1.29, 1.82) is 0 Å². The van der Waals surface area contributed by atoms with Crippen LogP contribution in [0.2, 0.25) is 10.0 Å². The molecule has 0 amide bonds. The van der Waals surface area contributed by atoms with Crippen LogP contribution in [0.4, 0.5) is 9.52 Å². The molecule has 0 fully saturated rings. The van der Waals surface area contributed by atoms with Crippen molar-refractivity contribution in [1.82, 2.24) is 4.98 Å². The number of nitrogens with zero attached hydrogens (tertiary/aromatic N) is 2. The van der Waals surface area contributed by atoms with E-state index in [1.54, 1.807) is 18.7 Å². The Balaban J connectivity index is 1.71. The first-order chi connectivity index (χ1) is 12.1. The maximum absolute atomic E-state index is 13.6. The van der Waals surface area contributed by atoms with Crippen molar-refractivity contribution in [3.05, 3.63) is 63.2 Å². The van der Waals surface area contributed by atoms with Crippen molar-refractivity contribution >= 4 is 45.9 Å². The maximum Gasteiger partial charge on any atom is 0.203 e. The number of hydrazone groups is 1. The van der Waals surface area contributed by atoms with Gasteiger partial charge in [0.05, 0.1) is 29.1 Å². The predicted molar refractivity (Wildman–Crippen MR) is 102 cm³/mol. The van der Waals surface area contributed by atoms with Crippen LogP contribution in [0.1, 0.15) is 5.56 Å². The maximum atomic E-state index is 13.6. The zero-order valence-electron chi connectivity index (χ0n) is 13.0. The van der Waals surface area contributed by atoms with Gasteiger partial charge in [0.1, 0.15) is 11.6 Å². The monoisotopic (exact) mass is 395 g/mol. The highest BCUT2D eigenvalue weighted by Crippen LogP contribution is 2.33. The van der Waals surface area contributed by atoms with Crippen LogP contribution in [0, 0.1) is 5.82 Å². The van der Waals surface area contributed by atoms with Gasteiger partial charge in [-0.15, -0.1) is 11.3 Å². The standard InChI is InChI=1S/C17H12Cl2FN3OS/c1-24-11-4-2-10(3-5-11)8-21-23-17-22-16(9-25-17)12-6-15(20)14(19)7-13(12)18/h2-9H,1H3,(H,22,23)/b21-8+. The van der Waals surface area contributed by atoms with Crippen molar-refractivity contribution in [3.63, 3.8) is 0 Å². The number of rotatable bonds is 5. The Morgan fingerprint density at radius 3 is 2.68 bits per heavy atom. The van der Waals surface area contributed by atoms with E-state index in [2.05, 4.69) is 15.5 Å². The number of anilines is 1. The molecular formula is C17H12Cl2FN3OS. The molecule has 0 spiro atoms. The van der Waals surface area contributed by atoms with Crippen LogP contribution in [-0.4, -0.2) is 18.3 Å². The topological polar surface area (TPSA) is 46.5 Å². The molecule has 3 rings (SSSR count). The highest BCUT2D eigenvalue weighted by atomic mass is 35.5. The second-order valence-electron chi connectivity index (χ2n) is 4.93. The molecule has 0 bridgehead atoms. The minimum atomic E-state index is -0.541. The normalized spacial score (nSPS) is 11.0. The molecule has 0 unspecified atom stereocenters. The summed E-state index contributed by atoms with van der Waals surface area (Å²) >= 11 is 13.1. The fourth-order valence-electron chi connectivity index (χ4n) is 2.02. The van der Waals surface area contributed by atoms with Crippen LogP contribution >= 0.6 is 34.5 Å². The Morgan fingerprint density at radius 1 is 1.20 bits per heavy atom. The van der Waals surface area contributed by atoms with Gasteiger partial charge < -0.3 is 4.74 Å². The lowest BCUT2D eigenvalue weighted by atomic mass is 10.2. The summed E-state index contributed by atoms with van der Waals surface area (Å²) < 4.78 is 18.7. The van der Waals surface area contributed by atoms with Crippen LogP contribution in [0.5, 0.6) is 5.75 Å². The van der Waals surface area contributed by atoms with E-state index in [9.17, 15) is 4.39 Å². The van der Waals surface area contributed by atoms with E-state index in [0.29, 0.717) is 21.4 Å². The third-order valence-electron chi connectivity index (χ3n) is 3.28. The lowest BCUT2D eigenvalue weighted by Crippen LogP contribution is -1.91. The molecule has 1 heterocycles. The van der Waals surface area contributed by atoms with E-state index in [0.717, 1.165) is 11.3 Å². The fourth-order valence-corrected chi connectivity index (χ4v) is 3.16. The molecule has 0 aliphatic carbocycles. The van der Waals surface area contributed by atoms with Gasteiger partial charge in [-0.2, -0.15) is 5.10 Å². The smallest absolute Gasteiger partial charge is 0.203 e. The largest absolute Gasteiger partial charge is 0.497 e. The van der Waals surface area contributed by atoms with Gasteiger partial charge in [-0.05, 0) is 42.0 Å². The summed E-state index contributed by atoms with van der Waals surface area (Å²) in [4.78, 5) is 4.35. The van der Waals surface area contributed by atoms with Crippen LogP contribution in [0.25, 0.3) is 11.3 Å². The molecular weight excluding hydrogens is 384 g/mol. The average molecular weight is 396 g/mol. The summed E-state index contributed by atoms with van der Waals surface area (Å²) in [5.41, 5.74) is 4.78. The second-order valence-corrected chi connectivity index (χ2v) is 6.60. The van der Waals surface area contributed by atoms with E-state index >= 15 is 0 Å². The molecule has 0 atom stereocenters. The quantitative estimate of drug-likeness (QED) is 0.341. The minimum Gasteiger partial charge on any atom is -0.497 e. The number of aromatic nitrogens is 1. The van der Waals surface area contributed by atoms with Gasteiger partial charge in [0.25, 0.3) is 0 Å². The molecule has 2 aromatic carbocycles. The van der Waals surface area contributed by atoms with Crippen molar-refractivity contribution in [3.8, 4) is 17.0 Å². The molecule has 3 aromatic rings. The highest BCUT2D eigenvalue weighted by Gasteiger charge is 2.12. The zero-order chi connectivity index (χ0) is 17.8. The average Bonchev–Trinajstić information content (AvgIpc) is 3.07. The summed E-state index contributed by atoms with van der Waals surface area (Å²) in [5, 5.41) is 6.77. The number of hydrogen-bond acceptors (Lipinski definition) is 5. The third kappa shape index (κ3) is 4.28. The number of halogens is 3. The summed E-state index contributed by atoms with van der Waals surface area (Å²) in [6.07, 6.45) is 1.66. The molecule has 25 heavy (non-hydrogen) atoms. The van der Waals surface area contributed by atoms with Gasteiger partial charge in [0, 0.05) is 10.9 Å². The Hall–Kier alpha value is -2.15. The van der Waals surface area contributed by atoms with Gasteiger partial charge in [-0.1, -0.05) is 23.2 Å². The molecule has 8 heteroatoms. The van der Waals surface area contributed by atoms with Crippen LogP contribution in [-0.2, 0) is 0 Å². The van der Waals surface area contributed by atoms with Crippen molar-refractivity contribution in [2.45, 2.75) is 0 Å². The predicted octanol–water partition coefficient (Wildman–Crippen LogP) is 5.71. The first kappa shape index (κ1) is 17.7. The van der Waals surface area contributed by atoms with Gasteiger partial charge in [-0.25, -0.2) is 9.37 Å². The minimum absolute atomic E-state index is 0.0218. The van der Waals surface area contributed by atoms with Crippen LogP contribution < -0.4 is 10.2 Å². The van der Waals surface area contributed by atoms with E-state index in [1.807, 2.05) is 24.3 Å². The Morgan fingerprint density at radius 2 is 1.96 bits per heavy atom. The summed E-state index contributed by atoms with van der Waals surface area (Å²) in [6, 6.07) is 10.1. The molecule has 128 valence electrons. The molecule has 4 nitrogen and oxygen atoms in total. The zero-order valence-corrected chi connectivity index (χ0v) is 15.3. The molecule has 0 radical (unpaired) electrons. The summed E-state index contributed by atoms with van der Waals surface area (Å²) in [7, 11) is 1.61. The number of hydrogen-bond donors (Lipinski definition) is 1. The summed E-state index contributed by atoms with van der Waals surface area (Å²) in [6.45, 7) is 0. The summed E-state index contributed by atoms with van der Waals surface area (Å²) in [5.74, 6) is 0.239. The molecule has 1 N–H and O–H groups in total. The van der Waals surface area contributed by atoms with Gasteiger partial charge in [0.15, 0.2) is 0 Å². The van der Waals surface area contributed by atoms with E-state index < -0.39 is 5.82 Å². The molecule has 0 aliphatic heterocycles. The molecule has 0 saturated carbocycles.